The summed E-state index contributed by atoms with van der Waals surface area (Å²) in [6, 6.07) is 9.57. The van der Waals surface area contributed by atoms with Gasteiger partial charge in [0.25, 0.3) is 5.91 Å². The zero-order valence-corrected chi connectivity index (χ0v) is 17.2. The fourth-order valence-electron chi connectivity index (χ4n) is 3.26. The highest BCUT2D eigenvalue weighted by atomic mass is 32.1. The highest BCUT2D eigenvalue weighted by Gasteiger charge is 2.23. The van der Waals surface area contributed by atoms with Crippen molar-refractivity contribution in [2.24, 2.45) is 0 Å². The van der Waals surface area contributed by atoms with Crippen molar-refractivity contribution in [3.05, 3.63) is 71.3 Å². The van der Waals surface area contributed by atoms with Crippen molar-refractivity contribution in [2.45, 2.75) is 26.4 Å². The molecule has 0 atom stereocenters. The first-order chi connectivity index (χ1) is 14.1. The molecule has 0 aromatic carbocycles. The van der Waals surface area contributed by atoms with Crippen LogP contribution in [0.1, 0.15) is 35.1 Å². The van der Waals surface area contributed by atoms with Crippen LogP contribution in [0.5, 0.6) is 0 Å². The molecular weight excluding hydrogens is 384 g/mol. The molecule has 4 aromatic rings. The number of fused-ring (bicyclic) bond motifs is 1. The molecule has 4 aromatic heterocycles. The van der Waals surface area contributed by atoms with Crippen LogP contribution in [0.25, 0.3) is 22.5 Å². The van der Waals surface area contributed by atoms with E-state index >= 15 is 0 Å². The summed E-state index contributed by atoms with van der Waals surface area (Å²) in [6.45, 7) is 8.88. The van der Waals surface area contributed by atoms with Crippen LogP contribution in [0.4, 0.5) is 0 Å². The Morgan fingerprint density at radius 1 is 1.38 bits per heavy atom. The number of rotatable bonds is 7. The monoisotopic (exact) mass is 406 g/mol. The molecule has 1 amide bonds. The third-order valence-corrected chi connectivity index (χ3v) is 5.48. The molecule has 0 fully saturated rings. The largest absolute Gasteiger partial charge is 0.463 e. The van der Waals surface area contributed by atoms with Crippen LogP contribution in [0.15, 0.2) is 65.2 Å². The van der Waals surface area contributed by atoms with Crippen LogP contribution < -0.4 is 0 Å². The van der Waals surface area contributed by atoms with Gasteiger partial charge in [0.1, 0.15) is 5.69 Å². The highest BCUT2D eigenvalue weighted by molar-refractivity contribution is 7.09. The summed E-state index contributed by atoms with van der Waals surface area (Å²) >= 11 is 1.63. The predicted molar refractivity (Wildman–Crippen MR) is 115 cm³/mol. The number of furan rings is 1. The molecule has 6 nitrogen and oxygen atoms in total. The molecule has 0 saturated heterocycles. The number of amides is 1. The van der Waals surface area contributed by atoms with E-state index in [2.05, 4.69) is 11.7 Å². The third-order valence-electron chi connectivity index (χ3n) is 4.62. The molecule has 0 aliphatic heterocycles. The van der Waals surface area contributed by atoms with Gasteiger partial charge in [-0.15, -0.1) is 17.9 Å². The van der Waals surface area contributed by atoms with Crippen LogP contribution in [0, 0.1) is 0 Å². The Kier molecular flexibility index (Phi) is 5.31. The van der Waals surface area contributed by atoms with Crippen molar-refractivity contribution in [1.29, 1.82) is 0 Å². The number of carbonyl (C=O) groups is 1. The van der Waals surface area contributed by atoms with Gasteiger partial charge in [-0.1, -0.05) is 12.1 Å². The number of nitrogens with zero attached hydrogens (tertiary/aromatic N) is 4. The summed E-state index contributed by atoms with van der Waals surface area (Å²) in [5, 5.41) is 7.22. The summed E-state index contributed by atoms with van der Waals surface area (Å²) in [5.41, 5.74) is 1.85. The molecule has 4 heterocycles. The Hall–Kier alpha value is -3.19. The van der Waals surface area contributed by atoms with E-state index < -0.39 is 0 Å². The van der Waals surface area contributed by atoms with Gasteiger partial charge in [-0.25, -0.2) is 9.67 Å². The van der Waals surface area contributed by atoms with Crippen molar-refractivity contribution in [3.8, 4) is 11.5 Å². The minimum Gasteiger partial charge on any atom is -0.463 e. The van der Waals surface area contributed by atoms with Crippen LogP contribution >= 0.6 is 11.3 Å². The van der Waals surface area contributed by atoms with Gasteiger partial charge in [-0.2, -0.15) is 5.10 Å². The number of aromatic nitrogens is 3. The van der Waals surface area contributed by atoms with Gasteiger partial charge < -0.3 is 9.32 Å². The van der Waals surface area contributed by atoms with Gasteiger partial charge in [0.15, 0.2) is 11.4 Å². The first kappa shape index (κ1) is 19.1. The number of pyridine rings is 1. The maximum atomic E-state index is 13.6. The lowest BCUT2D eigenvalue weighted by Gasteiger charge is -2.21. The van der Waals surface area contributed by atoms with Gasteiger partial charge in [-0.3, -0.25) is 4.79 Å². The Labute approximate surface area is 173 Å². The van der Waals surface area contributed by atoms with Gasteiger partial charge >= 0.3 is 0 Å². The number of carbonyl (C=O) groups excluding carboxylic acids is 1. The second-order valence-corrected chi connectivity index (χ2v) is 8.04. The van der Waals surface area contributed by atoms with E-state index in [1.165, 1.54) is 0 Å². The quantitative estimate of drug-likeness (QED) is 0.398. The summed E-state index contributed by atoms with van der Waals surface area (Å²) < 4.78 is 7.37. The van der Waals surface area contributed by atoms with Crippen LogP contribution in [-0.2, 0) is 6.54 Å². The zero-order chi connectivity index (χ0) is 20.4. The molecule has 0 spiro atoms. The lowest BCUT2D eigenvalue weighted by Crippen LogP contribution is -2.30. The molecule has 0 radical (unpaired) electrons. The van der Waals surface area contributed by atoms with Crippen molar-refractivity contribution < 1.29 is 9.21 Å². The smallest absolute Gasteiger partial charge is 0.255 e. The van der Waals surface area contributed by atoms with E-state index in [1.54, 1.807) is 40.8 Å². The van der Waals surface area contributed by atoms with E-state index in [-0.39, 0.29) is 11.9 Å². The second-order valence-electron chi connectivity index (χ2n) is 7.01. The topological polar surface area (TPSA) is 64.2 Å². The van der Waals surface area contributed by atoms with Gasteiger partial charge in [-0.05, 0) is 43.5 Å². The Morgan fingerprint density at radius 2 is 2.24 bits per heavy atom. The fraction of sp³-hybridized carbons (Fsp3) is 0.227. The summed E-state index contributed by atoms with van der Waals surface area (Å²) in [7, 11) is 0. The Bertz CT molecular complexity index is 1130. The first-order valence-corrected chi connectivity index (χ1v) is 10.3. The van der Waals surface area contributed by atoms with Gasteiger partial charge in [0, 0.05) is 17.5 Å². The number of thiophene rings is 1. The third kappa shape index (κ3) is 3.73. The average molecular weight is 407 g/mol. The molecule has 0 bridgehead atoms. The van der Waals surface area contributed by atoms with Gasteiger partial charge in [0.05, 0.1) is 30.0 Å². The Balaban J connectivity index is 1.84. The molecule has 7 heteroatoms. The van der Waals surface area contributed by atoms with E-state index in [4.69, 9.17) is 9.40 Å². The van der Waals surface area contributed by atoms with Gasteiger partial charge in [0.2, 0.25) is 0 Å². The molecule has 0 aliphatic rings. The highest BCUT2D eigenvalue weighted by Crippen LogP contribution is 2.28. The van der Waals surface area contributed by atoms with E-state index in [0.717, 1.165) is 10.3 Å². The molecular formula is C22H22N4O2S. The molecule has 4 rings (SSSR count). The molecule has 29 heavy (non-hydrogen) atoms. The minimum atomic E-state index is -0.0817. The van der Waals surface area contributed by atoms with Crippen molar-refractivity contribution in [1.82, 2.24) is 19.7 Å². The summed E-state index contributed by atoms with van der Waals surface area (Å²) in [4.78, 5) is 21.2. The molecule has 148 valence electrons. The van der Waals surface area contributed by atoms with Crippen LogP contribution in [0.3, 0.4) is 0 Å². The minimum absolute atomic E-state index is 0.0817. The fourth-order valence-corrected chi connectivity index (χ4v) is 3.98. The first-order valence-electron chi connectivity index (χ1n) is 9.43. The summed E-state index contributed by atoms with van der Waals surface area (Å²) in [5.74, 6) is 0.535. The zero-order valence-electron chi connectivity index (χ0n) is 16.4. The second kappa shape index (κ2) is 8.05. The summed E-state index contributed by atoms with van der Waals surface area (Å²) in [6.07, 6.45) is 5.07. The molecule has 0 aliphatic carbocycles. The lowest BCUT2D eigenvalue weighted by atomic mass is 10.1. The molecule has 0 saturated carbocycles. The van der Waals surface area contributed by atoms with Crippen molar-refractivity contribution >= 4 is 28.3 Å². The SMILES string of the molecule is C=CCN(Cc1cccs1)C(=O)c1cc(-c2ccco2)nc2c1cnn2C(C)C. The van der Waals surface area contributed by atoms with Crippen LogP contribution in [-0.4, -0.2) is 32.1 Å². The Morgan fingerprint density at radius 3 is 2.90 bits per heavy atom. The normalized spacial score (nSPS) is 11.3. The van der Waals surface area contributed by atoms with E-state index in [0.29, 0.717) is 35.8 Å². The molecule has 0 unspecified atom stereocenters. The molecule has 0 N–H and O–H groups in total. The van der Waals surface area contributed by atoms with E-state index in [1.807, 2.05) is 48.2 Å². The number of hydrogen-bond donors (Lipinski definition) is 0. The van der Waals surface area contributed by atoms with E-state index in [9.17, 15) is 4.79 Å². The average Bonchev–Trinajstić information content (AvgIpc) is 3.47. The maximum Gasteiger partial charge on any atom is 0.255 e. The maximum absolute atomic E-state index is 13.6. The van der Waals surface area contributed by atoms with Crippen molar-refractivity contribution in [3.63, 3.8) is 0 Å². The standard InChI is InChI=1S/C22H22N4O2S/c1-4-9-25(14-16-7-6-11-29-16)22(27)17-12-19(20-8-5-10-28-20)24-21-18(17)13-23-26(21)15(2)3/h4-8,10-13,15H,1,9,14H2,2-3H3. The predicted octanol–water partition coefficient (Wildman–Crippen LogP) is 5.16. The number of hydrogen-bond acceptors (Lipinski definition) is 5. The van der Waals surface area contributed by atoms with Crippen molar-refractivity contribution in [2.75, 3.05) is 6.54 Å². The van der Waals surface area contributed by atoms with Crippen LogP contribution in [0.2, 0.25) is 0 Å². The lowest BCUT2D eigenvalue weighted by molar-refractivity contribution is 0.0766.